The summed E-state index contributed by atoms with van der Waals surface area (Å²) >= 11 is 0. The van der Waals surface area contributed by atoms with Crippen molar-refractivity contribution < 1.29 is 8.78 Å². The highest BCUT2D eigenvalue weighted by molar-refractivity contribution is 5.48. The third-order valence-corrected chi connectivity index (χ3v) is 4.60. The van der Waals surface area contributed by atoms with Crippen LogP contribution in [0.4, 0.5) is 14.5 Å². The molecule has 2 fully saturated rings. The smallest absolute Gasteiger partial charge is 0.146 e. The molecular formula is C16H23F2N3. The summed E-state index contributed by atoms with van der Waals surface area (Å²) in [6.45, 7) is 6.79. The van der Waals surface area contributed by atoms with Crippen LogP contribution >= 0.6 is 0 Å². The van der Waals surface area contributed by atoms with Crippen molar-refractivity contribution in [1.82, 2.24) is 10.2 Å². The van der Waals surface area contributed by atoms with Crippen molar-refractivity contribution >= 4 is 5.69 Å². The minimum absolute atomic E-state index is 0.330. The molecule has 2 aliphatic heterocycles. The zero-order chi connectivity index (χ0) is 14.7. The van der Waals surface area contributed by atoms with E-state index in [1.165, 1.54) is 31.0 Å². The molecule has 0 radical (unpaired) electrons. The largest absolute Gasteiger partial charge is 0.367 e. The number of halogens is 2. The van der Waals surface area contributed by atoms with E-state index >= 15 is 0 Å². The number of hydrogen-bond donors (Lipinski definition) is 1. The van der Waals surface area contributed by atoms with Crippen LogP contribution < -0.4 is 10.2 Å². The van der Waals surface area contributed by atoms with E-state index < -0.39 is 0 Å². The summed E-state index contributed by atoms with van der Waals surface area (Å²) in [5, 5.41) is 3.39. The average molecular weight is 295 g/mol. The quantitative estimate of drug-likeness (QED) is 0.921. The molecule has 0 bridgehead atoms. The predicted octanol–water partition coefficient (Wildman–Crippen LogP) is 2.09. The molecule has 2 heterocycles. The summed E-state index contributed by atoms with van der Waals surface area (Å²) in [4.78, 5) is 4.42. The van der Waals surface area contributed by atoms with Gasteiger partial charge in [-0.3, -0.25) is 4.90 Å². The van der Waals surface area contributed by atoms with Crippen LogP contribution in [0.1, 0.15) is 12.8 Å². The Balaban J connectivity index is 1.53. The molecule has 0 unspecified atom stereocenters. The van der Waals surface area contributed by atoms with Gasteiger partial charge in [0.15, 0.2) is 0 Å². The lowest BCUT2D eigenvalue weighted by Gasteiger charge is -2.38. The van der Waals surface area contributed by atoms with E-state index in [0.717, 1.165) is 51.7 Å². The Morgan fingerprint density at radius 2 is 1.76 bits per heavy atom. The molecule has 3 nitrogen and oxygen atoms in total. The molecule has 1 aromatic rings. The third-order valence-electron chi connectivity index (χ3n) is 4.60. The van der Waals surface area contributed by atoms with Crippen molar-refractivity contribution in [3.05, 3.63) is 29.8 Å². The van der Waals surface area contributed by atoms with Gasteiger partial charge in [0.1, 0.15) is 11.6 Å². The standard InChI is InChI=1S/C16H23F2N3/c17-14-1-2-15(18)16(11-14)21-9-7-20(8-10-21)12-13-3-5-19-6-4-13/h1-2,11,13,19H,3-10,12H2. The highest BCUT2D eigenvalue weighted by Crippen LogP contribution is 2.22. The van der Waals surface area contributed by atoms with Gasteiger partial charge in [0.2, 0.25) is 0 Å². The molecule has 0 aromatic heterocycles. The van der Waals surface area contributed by atoms with Crippen LogP contribution in [0.25, 0.3) is 0 Å². The monoisotopic (exact) mass is 295 g/mol. The highest BCUT2D eigenvalue weighted by atomic mass is 19.1. The SMILES string of the molecule is Fc1ccc(F)c(N2CCN(CC3CCNCC3)CC2)c1. The number of nitrogens with one attached hydrogen (secondary N) is 1. The van der Waals surface area contributed by atoms with Crippen LogP contribution in [0.2, 0.25) is 0 Å². The van der Waals surface area contributed by atoms with Crippen LogP contribution in [0.15, 0.2) is 18.2 Å². The number of benzene rings is 1. The van der Waals surface area contributed by atoms with Crippen molar-refractivity contribution in [2.45, 2.75) is 12.8 Å². The number of piperidine rings is 1. The van der Waals surface area contributed by atoms with Gasteiger partial charge in [-0.25, -0.2) is 8.78 Å². The van der Waals surface area contributed by atoms with E-state index in [-0.39, 0.29) is 11.6 Å². The molecule has 0 saturated carbocycles. The van der Waals surface area contributed by atoms with Crippen molar-refractivity contribution in [1.29, 1.82) is 0 Å². The third kappa shape index (κ3) is 3.71. The summed E-state index contributed by atoms with van der Waals surface area (Å²) in [5.41, 5.74) is 0.400. The van der Waals surface area contributed by atoms with Gasteiger partial charge in [-0.1, -0.05) is 0 Å². The maximum absolute atomic E-state index is 13.8. The van der Waals surface area contributed by atoms with E-state index in [1.54, 1.807) is 0 Å². The second-order valence-electron chi connectivity index (χ2n) is 6.08. The Hall–Kier alpha value is -1.20. The fraction of sp³-hybridized carbons (Fsp3) is 0.625. The summed E-state index contributed by atoms with van der Waals surface area (Å²) in [5.74, 6) is 0.0791. The van der Waals surface area contributed by atoms with Crippen molar-refractivity contribution in [3.8, 4) is 0 Å². The average Bonchev–Trinajstić information content (AvgIpc) is 2.52. The van der Waals surface area contributed by atoms with Gasteiger partial charge < -0.3 is 10.2 Å². The van der Waals surface area contributed by atoms with E-state index in [2.05, 4.69) is 10.2 Å². The van der Waals surface area contributed by atoms with E-state index in [4.69, 9.17) is 0 Å². The second kappa shape index (κ2) is 6.71. The maximum Gasteiger partial charge on any atom is 0.146 e. The Morgan fingerprint density at radius 1 is 1.05 bits per heavy atom. The van der Waals surface area contributed by atoms with Crippen molar-refractivity contribution in [2.75, 3.05) is 50.7 Å². The lowest BCUT2D eigenvalue weighted by molar-refractivity contribution is 0.196. The fourth-order valence-electron chi connectivity index (χ4n) is 3.33. The molecule has 3 rings (SSSR count). The first-order chi connectivity index (χ1) is 10.2. The van der Waals surface area contributed by atoms with Crippen LogP contribution in [-0.2, 0) is 0 Å². The molecule has 2 aliphatic rings. The molecule has 1 aromatic carbocycles. The normalized spacial score (nSPS) is 21.7. The van der Waals surface area contributed by atoms with Gasteiger partial charge in [0, 0.05) is 38.8 Å². The van der Waals surface area contributed by atoms with Gasteiger partial charge in [-0.2, -0.15) is 0 Å². The summed E-state index contributed by atoms with van der Waals surface area (Å²) in [6.07, 6.45) is 2.50. The Bertz CT molecular complexity index is 467. The predicted molar refractivity (Wildman–Crippen MR) is 80.6 cm³/mol. The number of anilines is 1. The number of piperazine rings is 1. The Morgan fingerprint density at radius 3 is 2.48 bits per heavy atom. The zero-order valence-corrected chi connectivity index (χ0v) is 12.3. The fourth-order valence-corrected chi connectivity index (χ4v) is 3.33. The Labute approximate surface area is 124 Å². The van der Waals surface area contributed by atoms with Crippen LogP contribution in [0.5, 0.6) is 0 Å². The molecule has 5 heteroatoms. The zero-order valence-electron chi connectivity index (χ0n) is 12.3. The van der Waals surface area contributed by atoms with Gasteiger partial charge in [-0.15, -0.1) is 0 Å². The minimum Gasteiger partial charge on any atom is -0.367 e. The van der Waals surface area contributed by atoms with E-state index in [9.17, 15) is 8.78 Å². The highest BCUT2D eigenvalue weighted by Gasteiger charge is 2.22. The summed E-state index contributed by atoms with van der Waals surface area (Å²) in [7, 11) is 0. The van der Waals surface area contributed by atoms with Gasteiger partial charge in [-0.05, 0) is 44.0 Å². The van der Waals surface area contributed by atoms with Crippen LogP contribution in [0, 0.1) is 17.6 Å². The second-order valence-corrected chi connectivity index (χ2v) is 6.08. The topological polar surface area (TPSA) is 18.5 Å². The van der Waals surface area contributed by atoms with Gasteiger partial charge >= 0.3 is 0 Å². The molecule has 21 heavy (non-hydrogen) atoms. The first-order valence-electron chi connectivity index (χ1n) is 7.85. The molecule has 2 saturated heterocycles. The summed E-state index contributed by atoms with van der Waals surface area (Å²) < 4.78 is 27.1. The van der Waals surface area contributed by atoms with E-state index in [1.807, 2.05) is 4.90 Å². The Kier molecular flexibility index (Phi) is 4.70. The van der Waals surface area contributed by atoms with Crippen LogP contribution in [-0.4, -0.2) is 50.7 Å². The minimum atomic E-state index is -0.372. The first kappa shape index (κ1) is 14.7. The molecule has 0 atom stereocenters. The summed E-state index contributed by atoms with van der Waals surface area (Å²) in [6, 6.07) is 3.69. The van der Waals surface area contributed by atoms with Crippen molar-refractivity contribution in [3.63, 3.8) is 0 Å². The van der Waals surface area contributed by atoms with Gasteiger partial charge in [0.05, 0.1) is 5.69 Å². The number of rotatable bonds is 3. The van der Waals surface area contributed by atoms with E-state index in [0.29, 0.717) is 5.69 Å². The molecule has 0 amide bonds. The molecule has 1 N–H and O–H groups in total. The van der Waals surface area contributed by atoms with Gasteiger partial charge in [0.25, 0.3) is 0 Å². The molecule has 116 valence electrons. The molecule has 0 spiro atoms. The van der Waals surface area contributed by atoms with Crippen molar-refractivity contribution in [2.24, 2.45) is 5.92 Å². The molecule has 0 aliphatic carbocycles. The number of nitrogens with zero attached hydrogens (tertiary/aromatic N) is 2. The van der Waals surface area contributed by atoms with Crippen LogP contribution in [0.3, 0.4) is 0 Å². The lowest BCUT2D eigenvalue weighted by Crippen LogP contribution is -2.48. The maximum atomic E-state index is 13.8. The lowest BCUT2D eigenvalue weighted by atomic mass is 9.97. The number of hydrogen-bond acceptors (Lipinski definition) is 3. The molecular weight excluding hydrogens is 272 g/mol. The first-order valence-corrected chi connectivity index (χ1v) is 7.85.